The second kappa shape index (κ2) is 5.01. The van der Waals surface area contributed by atoms with Crippen LogP contribution in [0.5, 0.6) is 0 Å². The Morgan fingerprint density at radius 3 is 2.76 bits per heavy atom. The number of rotatable bonds is 5. The zero-order chi connectivity index (χ0) is 12.4. The lowest BCUT2D eigenvalue weighted by Crippen LogP contribution is -2.48. The van der Waals surface area contributed by atoms with Crippen molar-refractivity contribution in [1.82, 2.24) is 5.32 Å². The number of amides is 1. The van der Waals surface area contributed by atoms with E-state index in [2.05, 4.69) is 5.32 Å². The number of carboxylic acid groups (broad SMARTS) is 1. The molecule has 0 radical (unpaired) electrons. The zero-order valence-corrected chi connectivity index (χ0v) is 9.59. The summed E-state index contributed by atoms with van der Waals surface area (Å²) in [6, 6.07) is -0.692. The van der Waals surface area contributed by atoms with E-state index < -0.39 is 12.0 Å². The molecule has 4 N–H and O–H groups in total. The summed E-state index contributed by atoms with van der Waals surface area (Å²) in [5.74, 6) is -1.20. The van der Waals surface area contributed by atoms with Crippen molar-refractivity contribution in [3.8, 4) is 0 Å². The number of aliphatic carboxylic acids is 1. The summed E-state index contributed by atoms with van der Waals surface area (Å²) in [6.45, 7) is 0. The van der Waals surface area contributed by atoms with Crippen LogP contribution in [0.25, 0.3) is 0 Å². The number of fused-ring (bicyclic) bond motifs is 2. The van der Waals surface area contributed by atoms with Gasteiger partial charge in [0.25, 0.3) is 0 Å². The average molecular weight is 242 g/mol. The predicted octanol–water partition coefficient (Wildman–Crippen LogP) is -0.385. The Hall–Kier alpha value is -1.14. The Labute approximate surface area is 99.5 Å². The maximum absolute atomic E-state index is 11.7. The van der Waals surface area contributed by atoms with Gasteiger partial charge in [0, 0.05) is 6.42 Å². The molecule has 1 amide bonds. The van der Waals surface area contributed by atoms with Crippen molar-refractivity contribution in [2.75, 3.05) is 0 Å². The first-order valence-corrected chi connectivity index (χ1v) is 5.99. The third kappa shape index (κ3) is 2.95. The van der Waals surface area contributed by atoms with Gasteiger partial charge < -0.3 is 20.9 Å². The second-order valence-corrected chi connectivity index (χ2v) is 4.76. The molecule has 2 aliphatic rings. The molecule has 6 heteroatoms. The molecular weight excluding hydrogens is 224 g/mol. The van der Waals surface area contributed by atoms with Gasteiger partial charge in [0.1, 0.15) is 0 Å². The van der Waals surface area contributed by atoms with Crippen molar-refractivity contribution < 1.29 is 19.4 Å². The van der Waals surface area contributed by atoms with Crippen LogP contribution in [-0.2, 0) is 14.3 Å². The lowest BCUT2D eigenvalue weighted by Gasteiger charge is -2.21. The minimum atomic E-state index is -0.934. The number of ether oxygens (including phenoxy) is 1. The highest BCUT2D eigenvalue weighted by molar-refractivity contribution is 5.82. The quantitative estimate of drug-likeness (QED) is 0.609. The highest BCUT2D eigenvalue weighted by Gasteiger charge is 2.41. The summed E-state index contributed by atoms with van der Waals surface area (Å²) in [6.07, 6.45) is 3.39. The van der Waals surface area contributed by atoms with Gasteiger partial charge in [-0.05, 0) is 25.7 Å². The minimum absolute atomic E-state index is 0.0529. The number of carboxylic acids is 1. The maximum Gasteiger partial charge on any atom is 0.303 e. The molecule has 0 aromatic heterocycles. The van der Waals surface area contributed by atoms with E-state index in [0.29, 0.717) is 0 Å². The van der Waals surface area contributed by atoms with Crippen molar-refractivity contribution in [3.63, 3.8) is 0 Å². The summed E-state index contributed by atoms with van der Waals surface area (Å²) >= 11 is 0. The van der Waals surface area contributed by atoms with Crippen molar-refractivity contribution in [3.05, 3.63) is 0 Å². The van der Waals surface area contributed by atoms with E-state index in [-0.39, 0.29) is 37.0 Å². The Morgan fingerprint density at radius 1 is 1.47 bits per heavy atom. The third-order valence-electron chi connectivity index (χ3n) is 3.44. The van der Waals surface area contributed by atoms with Gasteiger partial charge in [-0.15, -0.1) is 0 Å². The number of nitrogens with two attached hydrogens (primary N) is 1. The fourth-order valence-electron chi connectivity index (χ4n) is 2.49. The zero-order valence-electron chi connectivity index (χ0n) is 9.59. The monoisotopic (exact) mass is 242 g/mol. The van der Waals surface area contributed by atoms with Gasteiger partial charge in [0.2, 0.25) is 5.91 Å². The first-order chi connectivity index (χ1) is 8.06. The van der Waals surface area contributed by atoms with Crippen LogP contribution < -0.4 is 11.1 Å². The summed E-state index contributed by atoms with van der Waals surface area (Å²) in [5, 5.41) is 11.4. The molecule has 2 bridgehead atoms. The van der Waals surface area contributed by atoms with E-state index >= 15 is 0 Å². The lowest BCUT2D eigenvalue weighted by atomic mass is 9.95. The predicted molar refractivity (Wildman–Crippen MR) is 59.3 cm³/mol. The Bertz CT molecular complexity index is 321. The third-order valence-corrected chi connectivity index (χ3v) is 3.44. The summed E-state index contributed by atoms with van der Waals surface area (Å²) in [7, 11) is 0. The van der Waals surface area contributed by atoms with Gasteiger partial charge in [-0.1, -0.05) is 0 Å². The number of carbonyl (C=O) groups is 2. The molecule has 17 heavy (non-hydrogen) atoms. The number of carbonyl (C=O) groups excluding carboxylic acids is 1. The lowest BCUT2D eigenvalue weighted by molar-refractivity contribution is -0.137. The molecule has 4 atom stereocenters. The molecule has 2 saturated heterocycles. The normalized spacial score (nSPS) is 32.4. The van der Waals surface area contributed by atoms with E-state index in [1.807, 2.05) is 0 Å². The molecule has 2 aliphatic heterocycles. The Kier molecular flexibility index (Phi) is 3.63. The van der Waals surface area contributed by atoms with Gasteiger partial charge in [-0.25, -0.2) is 0 Å². The van der Waals surface area contributed by atoms with E-state index in [0.717, 1.165) is 19.3 Å². The molecular formula is C11H18N2O4. The molecule has 4 unspecified atom stereocenters. The first-order valence-electron chi connectivity index (χ1n) is 5.99. The molecule has 0 saturated carbocycles. The van der Waals surface area contributed by atoms with E-state index in [1.54, 1.807) is 0 Å². The van der Waals surface area contributed by atoms with Crippen LogP contribution >= 0.6 is 0 Å². The SMILES string of the molecule is NC(CCC(=O)O)C(=O)NC1CC2CCC1O2. The highest BCUT2D eigenvalue weighted by Crippen LogP contribution is 2.34. The molecule has 0 spiro atoms. The van der Waals surface area contributed by atoms with Crippen molar-refractivity contribution in [2.45, 2.75) is 56.4 Å². The molecule has 2 heterocycles. The number of hydrogen-bond donors (Lipinski definition) is 3. The fraction of sp³-hybridized carbons (Fsp3) is 0.818. The fourth-order valence-corrected chi connectivity index (χ4v) is 2.49. The van der Waals surface area contributed by atoms with Crippen molar-refractivity contribution in [2.24, 2.45) is 5.73 Å². The largest absolute Gasteiger partial charge is 0.481 e. The molecule has 2 fully saturated rings. The molecule has 2 rings (SSSR count). The van der Waals surface area contributed by atoms with Gasteiger partial charge in [0.05, 0.1) is 24.3 Å². The topological polar surface area (TPSA) is 102 Å². The maximum atomic E-state index is 11.7. The number of hydrogen-bond acceptors (Lipinski definition) is 4. The van der Waals surface area contributed by atoms with Crippen LogP contribution in [0.4, 0.5) is 0 Å². The Morgan fingerprint density at radius 2 is 2.24 bits per heavy atom. The first kappa shape index (κ1) is 12.3. The minimum Gasteiger partial charge on any atom is -0.481 e. The molecule has 6 nitrogen and oxygen atoms in total. The summed E-state index contributed by atoms with van der Waals surface area (Å²) in [5.41, 5.74) is 5.63. The second-order valence-electron chi connectivity index (χ2n) is 4.76. The smallest absolute Gasteiger partial charge is 0.303 e. The van der Waals surface area contributed by atoms with Gasteiger partial charge in [-0.3, -0.25) is 9.59 Å². The molecule has 96 valence electrons. The van der Waals surface area contributed by atoms with Crippen LogP contribution in [0.2, 0.25) is 0 Å². The average Bonchev–Trinajstić information content (AvgIpc) is 2.87. The van der Waals surface area contributed by atoms with Crippen LogP contribution in [0, 0.1) is 0 Å². The van der Waals surface area contributed by atoms with Crippen LogP contribution in [-0.4, -0.2) is 41.3 Å². The van der Waals surface area contributed by atoms with E-state index in [4.69, 9.17) is 15.6 Å². The number of nitrogens with one attached hydrogen (secondary N) is 1. The summed E-state index contributed by atoms with van der Waals surface area (Å²) in [4.78, 5) is 22.1. The highest BCUT2D eigenvalue weighted by atomic mass is 16.5. The van der Waals surface area contributed by atoms with Crippen LogP contribution in [0.1, 0.15) is 32.1 Å². The van der Waals surface area contributed by atoms with E-state index in [1.165, 1.54) is 0 Å². The summed E-state index contributed by atoms with van der Waals surface area (Å²) < 4.78 is 5.61. The van der Waals surface area contributed by atoms with Gasteiger partial charge in [0.15, 0.2) is 0 Å². The molecule has 0 aromatic carbocycles. The Balaban J connectivity index is 1.75. The van der Waals surface area contributed by atoms with Crippen LogP contribution in [0.15, 0.2) is 0 Å². The van der Waals surface area contributed by atoms with Gasteiger partial charge in [-0.2, -0.15) is 0 Å². The standard InChI is InChI=1S/C11H18N2O4/c12-7(2-4-10(14)15)11(16)13-8-5-6-1-3-9(8)17-6/h6-9H,1-5,12H2,(H,13,16)(H,14,15). The van der Waals surface area contributed by atoms with E-state index in [9.17, 15) is 9.59 Å². The molecule has 0 aliphatic carbocycles. The van der Waals surface area contributed by atoms with Gasteiger partial charge >= 0.3 is 5.97 Å². The van der Waals surface area contributed by atoms with Crippen molar-refractivity contribution in [1.29, 1.82) is 0 Å². The van der Waals surface area contributed by atoms with Crippen molar-refractivity contribution >= 4 is 11.9 Å². The van der Waals surface area contributed by atoms with Crippen LogP contribution in [0.3, 0.4) is 0 Å². The molecule has 0 aromatic rings.